The van der Waals surface area contributed by atoms with E-state index in [9.17, 15) is 0 Å². The third-order valence-electron chi connectivity index (χ3n) is 2.84. The zero-order valence-corrected chi connectivity index (χ0v) is 8.72. The lowest BCUT2D eigenvalue weighted by atomic mass is 10.2. The van der Waals surface area contributed by atoms with E-state index in [0.717, 1.165) is 13.1 Å². The zero-order chi connectivity index (χ0) is 10.3. The van der Waals surface area contributed by atoms with E-state index in [0.29, 0.717) is 0 Å². The number of hydrogen-bond donors (Lipinski definition) is 0. The largest absolute Gasteiger partial charge is 0.302 e. The summed E-state index contributed by atoms with van der Waals surface area (Å²) in [5.41, 5.74) is 3.87. The van der Waals surface area contributed by atoms with Gasteiger partial charge in [-0.2, -0.15) is 0 Å². The Kier molecular flexibility index (Phi) is 1.86. The Hall–Kier alpha value is -1.61. The second kappa shape index (κ2) is 3.21. The van der Waals surface area contributed by atoms with Crippen LogP contribution in [-0.4, -0.2) is 21.5 Å². The Balaban J connectivity index is 2.25. The molecule has 0 radical (unpaired) electrons. The summed E-state index contributed by atoms with van der Waals surface area (Å²) in [6.45, 7) is 1.95. The minimum absolute atomic E-state index is 0.953. The molecule has 15 heavy (non-hydrogen) atoms. The zero-order valence-electron chi connectivity index (χ0n) is 8.72. The van der Waals surface area contributed by atoms with Crippen LogP contribution in [0.3, 0.4) is 0 Å². The summed E-state index contributed by atoms with van der Waals surface area (Å²) in [7, 11) is 2.14. The molecule has 1 aliphatic heterocycles. The Morgan fingerprint density at radius 1 is 1.20 bits per heavy atom. The monoisotopic (exact) mass is 199 g/mol. The standard InChI is InChI=1S/C12H13N3/c1-14-7-10-4-2-3-5-12(10)15-9-13-6-11(15)8-14/h2-6,9H,7-8H2,1H3. The van der Waals surface area contributed by atoms with Gasteiger partial charge in [0.1, 0.15) is 0 Å². The van der Waals surface area contributed by atoms with E-state index in [1.54, 1.807) is 0 Å². The van der Waals surface area contributed by atoms with Crippen LogP contribution in [0.4, 0.5) is 0 Å². The highest BCUT2D eigenvalue weighted by Gasteiger charge is 2.15. The van der Waals surface area contributed by atoms with Crippen molar-refractivity contribution >= 4 is 0 Å². The SMILES string of the molecule is CN1Cc2ccccc2-n2cncc2C1. The molecule has 0 saturated heterocycles. The summed E-state index contributed by atoms with van der Waals surface area (Å²) < 4.78 is 2.18. The quantitative estimate of drug-likeness (QED) is 0.645. The van der Waals surface area contributed by atoms with Crippen molar-refractivity contribution in [3.8, 4) is 5.69 Å². The predicted octanol–water partition coefficient (Wildman–Crippen LogP) is 1.82. The molecule has 0 saturated carbocycles. The van der Waals surface area contributed by atoms with Gasteiger partial charge in [-0.25, -0.2) is 4.98 Å². The van der Waals surface area contributed by atoms with Gasteiger partial charge in [0, 0.05) is 19.3 Å². The molecule has 0 N–H and O–H groups in total. The summed E-state index contributed by atoms with van der Waals surface area (Å²) >= 11 is 0. The summed E-state index contributed by atoms with van der Waals surface area (Å²) in [4.78, 5) is 6.52. The number of benzene rings is 1. The second-order valence-electron chi connectivity index (χ2n) is 4.06. The lowest BCUT2D eigenvalue weighted by Crippen LogP contribution is -2.15. The van der Waals surface area contributed by atoms with E-state index in [1.807, 2.05) is 12.5 Å². The molecule has 0 amide bonds. The first-order valence-electron chi connectivity index (χ1n) is 5.12. The first-order valence-corrected chi connectivity index (χ1v) is 5.12. The lowest BCUT2D eigenvalue weighted by molar-refractivity contribution is 0.320. The van der Waals surface area contributed by atoms with Gasteiger partial charge in [-0.1, -0.05) is 18.2 Å². The molecular weight excluding hydrogens is 186 g/mol. The molecule has 3 heteroatoms. The third kappa shape index (κ3) is 1.36. The fourth-order valence-electron chi connectivity index (χ4n) is 2.16. The Morgan fingerprint density at radius 2 is 2.07 bits per heavy atom. The molecule has 0 fully saturated rings. The molecule has 1 aromatic heterocycles. The molecule has 3 nitrogen and oxygen atoms in total. The van der Waals surface area contributed by atoms with Crippen LogP contribution < -0.4 is 0 Å². The molecule has 1 aromatic carbocycles. The molecule has 0 spiro atoms. The first-order chi connectivity index (χ1) is 7.34. The maximum atomic E-state index is 4.22. The van der Waals surface area contributed by atoms with Gasteiger partial charge in [-0.05, 0) is 18.7 Å². The van der Waals surface area contributed by atoms with Gasteiger partial charge in [0.05, 0.1) is 17.7 Å². The molecule has 3 rings (SSSR count). The number of aromatic nitrogens is 2. The van der Waals surface area contributed by atoms with Gasteiger partial charge in [0.15, 0.2) is 0 Å². The number of fused-ring (bicyclic) bond motifs is 3. The van der Waals surface area contributed by atoms with Crippen LogP contribution >= 0.6 is 0 Å². The van der Waals surface area contributed by atoms with Crippen molar-refractivity contribution in [1.82, 2.24) is 14.5 Å². The Labute approximate surface area is 89.0 Å². The normalized spacial score (nSPS) is 15.5. The molecule has 0 atom stereocenters. The maximum Gasteiger partial charge on any atom is 0.0994 e. The van der Waals surface area contributed by atoms with Gasteiger partial charge in [0.25, 0.3) is 0 Å². The first kappa shape index (κ1) is 8.68. The number of rotatable bonds is 0. The molecule has 2 heterocycles. The average Bonchev–Trinajstić information content (AvgIpc) is 2.62. The van der Waals surface area contributed by atoms with E-state index in [-0.39, 0.29) is 0 Å². The summed E-state index contributed by atoms with van der Waals surface area (Å²) in [6, 6.07) is 8.50. The summed E-state index contributed by atoms with van der Waals surface area (Å²) in [6.07, 6.45) is 3.84. The van der Waals surface area contributed by atoms with Crippen molar-refractivity contribution in [2.75, 3.05) is 7.05 Å². The van der Waals surface area contributed by atoms with Crippen molar-refractivity contribution in [3.05, 3.63) is 48.0 Å². The molecule has 2 aromatic rings. The smallest absolute Gasteiger partial charge is 0.0994 e. The van der Waals surface area contributed by atoms with Crippen LogP contribution in [0.25, 0.3) is 5.69 Å². The van der Waals surface area contributed by atoms with Gasteiger partial charge in [0.2, 0.25) is 0 Å². The highest BCUT2D eigenvalue weighted by molar-refractivity contribution is 5.43. The fraction of sp³-hybridized carbons (Fsp3) is 0.250. The number of nitrogens with zero attached hydrogens (tertiary/aromatic N) is 3. The van der Waals surface area contributed by atoms with Crippen molar-refractivity contribution in [2.24, 2.45) is 0 Å². The number of imidazole rings is 1. The number of para-hydroxylation sites is 1. The van der Waals surface area contributed by atoms with Crippen LogP contribution in [0.15, 0.2) is 36.8 Å². The van der Waals surface area contributed by atoms with E-state index in [2.05, 4.69) is 45.8 Å². The van der Waals surface area contributed by atoms with Gasteiger partial charge in [-0.3, -0.25) is 4.90 Å². The van der Waals surface area contributed by atoms with Crippen LogP contribution in [0.1, 0.15) is 11.3 Å². The predicted molar refractivity (Wildman–Crippen MR) is 58.7 cm³/mol. The van der Waals surface area contributed by atoms with E-state index >= 15 is 0 Å². The summed E-state index contributed by atoms with van der Waals surface area (Å²) in [5.74, 6) is 0. The molecule has 0 bridgehead atoms. The van der Waals surface area contributed by atoms with Crippen LogP contribution in [0.2, 0.25) is 0 Å². The molecule has 1 aliphatic rings. The van der Waals surface area contributed by atoms with Crippen molar-refractivity contribution in [3.63, 3.8) is 0 Å². The Morgan fingerprint density at radius 3 is 3.00 bits per heavy atom. The maximum absolute atomic E-state index is 4.22. The van der Waals surface area contributed by atoms with Gasteiger partial charge < -0.3 is 4.57 Å². The van der Waals surface area contributed by atoms with E-state index < -0.39 is 0 Å². The number of hydrogen-bond acceptors (Lipinski definition) is 2. The van der Waals surface area contributed by atoms with E-state index in [4.69, 9.17) is 0 Å². The minimum Gasteiger partial charge on any atom is -0.302 e. The molecular formula is C12H13N3. The third-order valence-corrected chi connectivity index (χ3v) is 2.84. The Bertz CT molecular complexity index is 487. The van der Waals surface area contributed by atoms with Crippen molar-refractivity contribution < 1.29 is 0 Å². The summed E-state index contributed by atoms with van der Waals surface area (Å²) in [5, 5.41) is 0. The second-order valence-corrected chi connectivity index (χ2v) is 4.06. The van der Waals surface area contributed by atoms with Gasteiger partial charge >= 0.3 is 0 Å². The van der Waals surface area contributed by atoms with Crippen LogP contribution in [0.5, 0.6) is 0 Å². The molecule has 76 valence electrons. The molecule has 0 unspecified atom stereocenters. The van der Waals surface area contributed by atoms with Crippen molar-refractivity contribution in [1.29, 1.82) is 0 Å². The topological polar surface area (TPSA) is 21.1 Å². The van der Waals surface area contributed by atoms with Crippen LogP contribution in [0, 0.1) is 0 Å². The van der Waals surface area contributed by atoms with Crippen LogP contribution in [-0.2, 0) is 13.1 Å². The highest BCUT2D eigenvalue weighted by atomic mass is 15.2. The van der Waals surface area contributed by atoms with Crippen molar-refractivity contribution in [2.45, 2.75) is 13.1 Å². The van der Waals surface area contributed by atoms with E-state index in [1.165, 1.54) is 16.9 Å². The molecule has 0 aliphatic carbocycles. The lowest BCUT2D eigenvalue weighted by Gasteiger charge is -2.12. The average molecular weight is 199 g/mol. The highest BCUT2D eigenvalue weighted by Crippen LogP contribution is 2.22. The van der Waals surface area contributed by atoms with Gasteiger partial charge in [-0.15, -0.1) is 0 Å². The fourth-order valence-corrected chi connectivity index (χ4v) is 2.16. The minimum atomic E-state index is 0.953.